The van der Waals surface area contributed by atoms with Gasteiger partial charge < -0.3 is 11.1 Å². The lowest BCUT2D eigenvalue weighted by atomic mass is 9.87. The maximum Gasteiger partial charge on any atom is 0.112 e. The van der Waals surface area contributed by atoms with Crippen LogP contribution in [0.1, 0.15) is 25.0 Å². The summed E-state index contributed by atoms with van der Waals surface area (Å²) >= 11 is 8.51. The summed E-state index contributed by atoms with van der Waals surface area (Å²) in [7, 11) is 0. The predicted octanol–water partition coefficient (Wildman–Crippen LogP) is 6.16. The van der Waals surface area contributed by atoms with Crippen molar-refractivity contribution in [2.24, 2.45) is 5.73 Å². The third kappa shape index (κ3) is 3.87. The van der Waals surface area contributed by atoms with Gasteiger partial charge in [-0.25, -0.2) is 0 Å². The van der Waals surface area contributed by atoms with E-state index in [0.717, 1.165) is 23.0 Å². The molecule has 148 valence electrons. The van der Waals surface area contributed by atoms with Crippen molar-refractivity contribution in [3.8, 4) is 0 Å². The molecule has 4 aromatic rings. The molecule has 29 heavy (non-hydrogen) atoms. The number of nitrogens with one attached hydrogen (secondary N) is 1. The number of nitrogens with zero attached hydrogens (tertiary/aromatic N) is 1. The van der Waals surface area contributed by atoms with Gasteiger partial charge in [0, 0.05) is 28.7 Å². The molecule has 0 aliphatic carbocycles. The summed E-state index contributed by atoms with van der Waals surface area (Å²) in [5.41, 5.74) is 9.72. The Morgan fingerprint density at radius 1 is 1.00 bits per heavy atom. The van der Waals surface area contributed by atoms with E-state index in [2.05, 4.69) is 89.2 Å². The van der Waals surface area contributed by atoms with Gasteiger partial charge in [0.15, 0.2) is 0 Å². The fraction of sp³-hybridized carbons (Fsp3) is 0.208. The Hall–Kier alpha value is -1.73. The number of rotatable bonds is 5. The molecule has 0 saturated heterocycles. The van der Waals surface area contributed by atoms with E-state index in [1.54, 1.807) is 6.20 Å². The van der Waals surface area contributed by atoms with E-state index in [0.29, 0.717) is 5.02 Å². The lowest BCUT2D eigenvalue weighted by Crippen LogP contribution is -2.58. The van der Waals surface area contributed by atoms with E-state index in [4.69, 9.17) is 17.3 Å². The summed E-state index contributed by atoms with van der Waals surface area (Å²) < 4.78 is -0.662. The van der Waals surface area contributed by atoms with Gasteiger partial charge in [0.2, 0.25) is 0 Å². The zero-order chi connectivity index (χ0) is 20.6. The quantitative estimate of drug-likeness (QED) is 0.190. The second-order valence-corrected chi connectivity index (χ2v) is 9.99. The van der Waals surface area contributed by atoms with Crippen molar-refractivity contribution in [1.82, 2.24) is 10.3 Å². The molecule has 0 spiro atoms. The molecule has 4 rings (SSSR count). The molecule has 1 unspecified atom stereocenters. The summed E-state index contributed by atoms with van der Waals surface area (Å²) in [6, 6.07) is 22.6. The minimum absolute atomic E-state index is 0.390. The Labute approximate surface area is 189 Å². The number of nitrogens with two attached hydrogens (primary N) is 1. The number of fused-ring (bicyclic) bond motifs is 2. The molecule has 1 heterocycles. The second kappa shape index (κ2) is 7.84. The lowest BCUT2D eigenvalue weighted by molar-refractivity contribution is 0.308. The highest BCUT2D eigenvalue weighted by atomic mass is 127. The van der Waals surface area contributed by atoms with Crippen LogP contribution in [0, 0.1) is 0 Å². The van der Waals surface area contributed by atoms with E-state index < -0.39 is 9.08 Å². The summed E-state index contributed by atoms with van der Waals surface area (Å²) in [6.45, 7) is 5.02. The summed E-state index contributed by atoms with van der Waals surface area (Å²) in [4.78, 5) is 4.46. The van der Waals surface area contributed by atoms with E-state index >= 15 is 0 Å². The normalized spacial score (nSPS) is 14.2. The summed E-state index contributed by atoms with van der Waals surface area (Å²) in [5.74, 6) is 0. The fourth-order valence-electron chi connectivity index (χ4n) is 3.67. The van der Waals surface area contributed by atoms with Crippen molar-refractivity contribution in [2.75, 3.05) is 0 Å². The summed E-state index contributed by atoms with van der Waals surface area (Å²) in [6.07, 6.45) is 1.80. The highest BCUT2D eigenvalue weighted by molar-refractivity contribution is 14.1. The largest absolute Gasteiger partial charge is 0.312 e. The number of pyridine rings is 1. The van der Waals surface area contributed by atoms with Gasteiger partial charge in [-0.3, -0.25) is 4.98 Å². The van der Waals surface area contributed by atoms with Crippen LogP contribution in [0.3, 0.4) is 0 Å². The molecule has 0 radical (unpaired) electrons. The van der Waals surface area contributed by atoms with E-state index in [1.165, 1.54) is 16.3 Å². The standard InChI is InChI=1S/C24H23ClIN3/c1-23(2,29-15-17-8-5-7-16-6-3-4-9-19(16)17)24(26,27)21-12-13-28-22-14-18(25)10-11-20(21)22/h3-14,29H,15,27H2,1-2H3. The molecule has 0 aliphatic rings. The van der Waals surface area contributed by atoms with Crippen LogP contribution < -0.4 is 11.1 Å². The molecular formula is C24H23ClIN3. The van der Waals surface area contributed by atoms with Crippen molar-refractivity contribution in [1.29, 1.82) is 0 Å². The van der Waals surface area contributed by atoms with Crippen LogP contribution in [0.2, 0.25) is 5.02 Å². The summed E-state index contributed by atoms with van der Waals surface area (Å²) in [5, 5.41) is 7.91. The molecule has 1 atom stereocenters. The monoisotopic (exact) mass is 515 g/mol. The molecule has 0 saturated carbocycles. The van der Waals surface area contributed by atoms with E-state index in [1.807, 2.05) is 24.3 Å². The SMILES string of the molecule is CC(C)(NCc1cccc2ccccc12)C(N)(I)c1ccnc2cc(Cl)ccc12. The number of aromatic nitrogens is 1. The minimum Gasteiger partial charge on any atom is -0.312 e. The smallest absolute Gasteiger partial charge is 0.112 e. The molecule has 0 bridgehead atoms. The molecule has 3 nitrogen and oxygen atoms in total. The Bertz CT molecular complexity index is 1180. The highest BCUT2D eigenvalue weighted by Crippen LogP contribution is 2.40. The van der Waals surface area contributed by atoms with Gasteiger partial charge in [0.25, 0.3) is 0 Å². The Balaban J connectivity index is 1.67. The molecule has 0 aliphatic heterocycles. The predicted molar refractivity (Wildman–Crippen MR) is 132 cm³/mol. The van der Waals surface area contributed by atoms with Gasteiger partial charge in [-0.05, 0) is 53.9 Å². The van der Waals surface area contributed by atoms with Gasteiger partial charge in [0.05, 0.1) is 5.52 Å². The third-order valence-corrected chi connectivity index (χ3v) is 7.77. The molecular weight excluding hydrogens is 493 g/mol. The van der Waals surface area contributed by atoms with Gasteiger partial charge in [0.1, 0.15) is 3.55 Å². The lowest BCUT2D eigenvalue weighted by Gasteiger charge is -2.41. The molecule has 0 fully saturated rings. The molecule has 3 aromatic carbocycles. The average molecular weight is 516 g/mol. The maximum atomic E-state index is 6.96. The van der Waals surface area contributed by atoms with Crippen LogP contribution in [0.15, 0.2) is 72.9 Å². The van der Waals surface area contributed by atoms with Crippen molar-refractivity contribution >= 4 is 55.9 Å². The second-order valence-electron chi connectivity index (χ2n) is 7.85. The van der Waals surface area contributed by atoms with Crippen LogP contribution in [0.4, 0.5) is 0 Å². The number of benzene rings is 3. The van der Waals surface area contributed by atoms with Gasteiger partial charge >= 0.3 is 0 Å². The Morgan fingerprint density at radius 3 is 2.59 bits per heavy atom. The van der Waals surface area contributed by atoms with E-state index in [-0.39, 0.29) is 0 Å². The minimum atomic E-state index is -0.662. The zero-order valence-electron chi connectivity index (χ0n) is 16.4. The molecule has 1 aromatic heterocycles. The number of hydrogen-bond donors (Lipinski definition) is 2. The number of halogens is 2. The topological polar surface area (TPSA) is 50.9 Å². The first-order chi connectivity index (χ1) is 13.8. The van der Waals surface area contributed by atoms with Crippen molar-refractivity contribution in [3.05, 3.63) is 89.1 Å². The Kier molecular flexibility index (Phi) is 5.55. The van der Waals surface area contributed by atoms with Gasteiger partial charge in [-0.1, -0.05) is 82.7 Å². The number of hydrogen-bond acceptors (Lipinski definition) is 3. The van der Waals surface area contributed by atoms with Crippen molar-refractivity contribution in [2.45, 2.75) is 29.5 Å². The van der Waals surface area contributed by atoms with Crippen LogP contribution in [0.25, 0.3) is 21.7 Å². The first-order valence-electron chi connectivity index (χ1n) is 9.54. The highest BCUT2D eigenvalue weighted by Gasteiger charge is 2.41. The van der Waals surface area contributed by atoms with Crippen molar-refractivity contribution < 1.29 is 0 Å². The van der Waals surface area contributed by atoms with E-state index in [9.17, 15) is 0 Å². The first kappa shape index (κ1) is 20.5. The third-order valence-electron chi connectivity index (χ3n) is 5.61. The van der Waals surface area contributed by atoms with Gasteiger partial charge in [-0.15, -0.1) is 0 Å². The van der Waals surface area contributed by atoms with Crippen LogP contribution in [-0.4, -0.2) is 10.5 Å². The van der Waals surface area contributed by atoms with Crippen molar-refractivity contribution in [3.63, 3.8) is 0 Å². The van der Waals surface area contributed by atoms with Crippen LogP contribution in [-0.2, 0) is 10.1 Å². The zero-order valence-corrected chi connectivity index (χ0v) is 19.3. The van der Waals surface area contributed by atoms with Crippen LogP contribution >= 0.6 is 34.2 Å². The molecule has 0 amide bonds. The maximum absolute atomic E-state index is 6.96. The van der Waals surface area contributed by atoms with Gasteiger partial charge in [-0.2, -0.15) is 0 Å². The van der Waals surface area contributed by atoms with Crippen LogP contribution in [0.5, 0.6) is 0 Å². The average Bonchev–Trinajstić information content (AvgIpc) is 2.71. The fourth-order valence-corrected chi connectivity index (χ4v) is 4.49. The first-order valence-corrected chi connectivity index (χ1v) is 11.0. The molecule has 5 heteroatoms. The Morgan fingerprint density at radius 2 is 1.76 bits per heavy atom. The number of alkyl halides is 1. The molecule has 3 N–H and O–H groups in total.